The van der Waals surface area contributed by atoms with E-state index in [0.29, 0.717) is 0 Å². The number of hydrogen-bond donors (Lipinski definition) is 1. The smallest absolute Gasteiger partial charge is 0.122 e. The molecule has 2 fully saturated rings. The number of aryl methyl sites for hydroxylation is 1. The van der Waals surface area contributed by atoms with Gasteiger partial charge in [0.15, 0.2) is 0 Å². The van der Waals surface area contributed by atoms with Gasteiger partial charge in [-0.2, -0.15) is 0 Å². The number of hydrogen-bond acceptors (Lipinski definition) is 6. The second-order valence-electron chi connectivity index (χ2n) is 4.92. The van der Waals surface area contributed by atoms with Crippen LogP contribution in [0.5, 0.6) is 0 Å². The first kappa shape index (κ1) is 11.1. The molecule has 94 valence electrons. The molecule has 0 aliphatic carbocycles. The van der Waals surface area contributed by atoms with Gasteiger partial charge in [-0.05, 0) is 6.92 Å². The average molecular weight is 237 g/mol. The lowest BCUT2D eigenvalue weighted by atomic mass is 10.1. The molecule has 1 aromatic rings. The van der Waals surface area contributed by atoms with Crippen LogP contribution < -0.4 is 5.32 Å². The fraction of sp³-hybridized carbons (Fsp3) is 0.818. The van der Waals surface area contributed by atoms with Crippen molar-refractivity contribution in [2.45, 2.75) is 19.5 Å². The van der Waals surface area contributed by atoms with Crippen molar-refractivity contribution < 1.29 is 4.63 Å². The number of nitrogens with one attached hydrogen (secondary N) is 1. The van der Waals surface area contributed by atoms with Crippen LogP contribution >= 0.6 is 0 Å². The molecule has 1 N–H and O–H groups in total. The highest BCUT2D eigenvalue weighted by atomic mass is 16.6. The van der Waals surface area contributed by atoms with Crippen LogP contribution in [0.1, 0.15) is 11.4 Å². The molecule has 0 radical (unpaired) electrons. The molecular weight excluding hydrogens is 218 g/mol. The molecule has 2 aliphatic heterocycles. The van der Waals surface area contributed by atoms with Crippen molar-refractivity contribution in [3.63, 3.8) is 0 Å². The largest absolute Gasteiger partial charge is 0.314 e. The van der Waals surface area contributed by atoms with Gasteiger partial charge in [0.05, 0.1) is 0 Å². The van der Waals surface area contributed by atoms with E-state index in [9.17, 15) is 0 Å². The van der Waals surface area contributed by atoms with Crippen molar-refractivity contribution in [1.82, 2.24) is 25.4 Å². The second kappa shape index (κ2) is 4.72. The summed E-state index contributed by atoms with van der Waals surface area (Å²) >= 11 is 0. The highest BCUT2D eigenvalue weighted by Crippen LogP contribution is 2.12. The van der Waals surface area contributed by atoms with Crippen LogP contribution in [0, 0.1) is 6.92 Å². The summed E-state index contributed by atoms with van der Waals surface area (Å²) in [6.45, 7) is 9.69. The van der Waals surface area contributed by atoms with E-state index in [1.807, 2.05) is 6.92 Å². The van der Waals surface area contributed by atoms with Gasteiger partial charge in [0.1, 0.15) is 11.4 Å². The number of nitrogens with zero attached hydrogens (tertiary/aromatic N) is 4. The van der Waals surface area contributed by atoms with Gasteiger partial charge in [-0.25, -0.2) is 4.63 Å². The normalized spacial score (nSPS) is 23.8. The van der Waals surface area contributed by atoms with Gasteiger partial charge in [0.2, 0.25) is 0 Å². The van der Waals surface area contributed by atoms with E-state index < -0.39 is 0 Å². The van der Waals surface area contributed by atoms with Crippen LogP contribution in [0.15, 0.2) is 4.63 Å². The van der Waals surface area contributed by atoms with E-state index in [0.717, 1.165) is 63.2 Å². The molecule has 0 saturated carbocycles. The summed E-state index contributed by atoms with van der Waals surface area (Å²) < 4.78 is 4.73. The lowest BCUT2D eigenvalue weighted by molar-refractivity contribution is 0.0684. The molecule has 0 amide bonds. The molecular formula is C11H19N5O. The number of piperazine rings is 1. The maximum atomic E-state index is 4.73. The molecule has 0 aromatic carbocycles. The third kappa shape index (κ3) is 2.34. The Kier molecular flexibility index (Phi) is 3.09. The molecule has 6 heteroatoms. The highest BCUT2D eigenvalue weighted by molar-refractivity contribution is 5.04. The van der Waals surface area contributed by atoms with Crippen LogP contribution in [0.4, 0.5) is 0 Å². The second-order valence-corrected chi connectivity index (χ2v) is 4.92. The Hall–Kier alpha value is -0.980. The molecule has 0 atom stereocenters. The first-order valence-electron chi connectivity index (χ1n) is 6.28. The first-order valence-corrected chi connectivity index (χ1v) is 6.28. The standard InChI is InChI=1S/C11H19N5O/c1-9-11(14-17-13-9)8-15-2-4-16(5-3-15)10-6-12-7-10/h10,12H,2-8H2,1H3. The molecule has 1 aromatic heterocycles. The molecule has 0 spiro atoms. The Morgan fingerprint density at radius 2 is 2.00 bits per heavy atom. The summed E-state index contributed by atoms with van der Waals surface area (Å²) in [5.41, 5.74) is 1.89. The molecule has 3 rings (SSSR count). The van der Waals surface area contributed by atoms with Gasteiger partial charge < -0.3 is 5.32 Å². The van der Waals surface area contributed by atoms with Crippen molar-refractivity contribution in [2.24, 2.45) is 0 Å². The summed E-state index contributed by atoms with van der Waals surface area (Å²) in [6, 6.07) is 0.771. The van der Waals surface area contributed by atoms with Crippen LogP contribution in [0.3, 0.4) is 0 Å². The molecule has 6 nitrogen and oxygen atoms in total. The minimum Gasteiger partial charge on any atom is -0.314 e. The lowest BCUT2D eigenvalue weighted by Gasteiger charge is -2.43. The third-order valence-corrected chi connectivity index (χ3v) is 3.80. The van der Waals surface area contributed by atoms with E-state index in [1.165, 1.54) is 0 Å². The van der Waals surface area contributed by atoms with E-state index in [2.05, 4.69) is 25.4 Å². The predicted octanol–water partition coefficient (Wildman–Crippen LogP) is -0.533. The van der Waals surface area contributed by atoms with Crippen LogP contribution in [-0.2, 0) is 6.54 Å². The summed E-state index contributed by atoms with van der Waals surface area (Å²) in [7, 11) is 0. The van der Waals surface area contributed by atoms with Crippen molar-refractivity contribution in [2.75, 3.05) is 39.3 Å². The molecule has 3 heterocycles. The zero-order valence-electron chi connectivity index (χ0n) is 10.2. The van der Waals surface area contributed by atoms with E-state index >= 15 is 0 Å². The summed E-state index contributed by atoms with van der Waals surface area (Å²) in [6.07, 6.45) is 0. The Morgan fingerprint density at radius 3 is 2.53 bits per heavy atom. The van der Waals surface area contributed by atoms with Gasteiger partial charge in [0.25, 0.3) is 0 Å². The highest BCUT2D eigenvalue weighted by Gasteiger charge is 2.27. The first-order chi connectivity index (χ1) is 8.33. The topological polar surface area (TPSA) is 57.4 Å². The Labute approximate surface area is 101 Å². The van der Waals surface area contributed by atoms with Gasteiger partial charge >= 0.3 is 0 Å². The Balaban J connectivity index is 1.49. The van der Waals surface area contributed by atoms with Crippen molar-refractivity contribution in [3.8, 4) is 0 Å². The van der Waals surface area contributed by atoms with E-state index in [1.54, 1.807) is 0 Å². The quantitative estimate of drug-likeness (QED) is 0.762. The zero-order valence-corrected chi connectivity index (χ0v) is 10.2. The predicted molar refractivity (Wildman–Crippen MR) is 62.5 cm³/mol. The Morgan fingerprint density at radius 1 is 1.24 bits per heavy atom. The molecule has 0 bridgehead atoms. The zero-order chi connectivity index (χ0) is 11.7. The molecule has 0 unspecified atom stereocenters. The van der Waals surface area contributed by atoms with Crippen LogP contribution in [0.25, 0.3) is 0 Å². The monoisotopic (exact) mass is 237 g/mol. The minimum absolute atomic E-state index is 0.771. The molecule has 17 heavy (non-hydrogen) atoms. The average Bonchev–Trinajstić information content (AvgIpc) is 2.65. The summed E-state index contributed by atoms with van der Waals surface area (Å²) in [5, 5.41) is 11.1. The van der Waals surface area contributed by atoms with Crippen LogP contribution in [0.2, 0.25) is 0 Å². The minimum atomic E-state index is 0.771. The maximum absolute atomic E-state index is 4.73. The lowest BCUT2D eigenvalue weighted by Crippen LogP contribution is -2.61. The summed E-state index contributed by atoms with van der Waals surface area (Å²) in [5.74, 6) is 0. The molecule has 2 aliphatic rings. The third-order valence-electron chi connectivity index (χ3n) is 3.80. The van der Waals surface area contributed by atoms with Gasteiger partial charge in [0, 0.05) is 51.9 Å². The Bertz CT molecular complexity index is 368. The maximum Gasteiger partial charge on any atom is 0.122 e. The molecule has 2 saturated heterocycles. The fourth-order valence-electron chi connectivity index (χ4n) is 2.42. The van der Waals surface area contributed by atoms with Gasteiger partial charge in [-0.3, -0.25) is 9.80 Å². The van der Waals surface area contributed by atoms with Crippen molar-refractivity contribution in [1.29, 1.82) is 0 Å². The van der Waals surface area contributed by atoms with Gasteiger partial charge in [-0.15, -0.1) is 0 Å². The van der Waals surface area contributed by atoms with Gasteiger partial charge in [-0.1, -0.05) is 10.3 Å². The van der Waals surface area contributed by atoms with Crippen LogP contribution in [-0.4, -0.2) is 65.4 Å². The fourth-order valence-corrected chi connectivity index (χ4v) is 2.42. The van der Waals surface area contributed by atoms with E-state index in [-0.39, 0.29) is 0 Å². The van der Waals surface area contributed by atoms with Crippen molar-refractivity contribution in [3.05, 3.63) is 11.4 Å². The number of aromatic nitrogens is 2. The number of rotatable bonds is 3. The van der Waals surface area contributed by atoms with Crippen molar-refractivity contribution >= 4 is 0 Å². The SMILES string of the molecule is Cc1nonc1CN1CCN(C2CNC2)CC1. The summed E-state index contributed by atoms with van der Waals surface area (Å²) in [4.78, 5) is 5.01. The van der Waals surface area contributed by atoms with E-state index in [4.69, 9.17) is 4.63 Å².